The highest BCUT2D eigenvalue weighted by Crippen LogP contribution is 2.44. The van der Waals surface area contributed by atoms with Crippen LogP contribution in [0.5, 0.6) is 0 Å². The van der Waals surface area contributed by atoms with E-state index >= 15 is 0 Å². The number of benzene rings is 2. The molecular weight excluding hydrogens is 391 g/mol. The summed E-state index contributed by atoms with van der Waals surface area (Å²) in [7, 11) is 0. The highest BCUT2D eigenvalue weighted by Gasteiger charge is 2.28. The molecule has 144 valence electrons. The SMILES string of the molecule is O=C(NCC#Cc1cc(F)cnc1Cl)OCC1c2ccccc2-c2ccccc21. The number of halogens is 2. The maximum absolute atomic E-state index is 13.2. The molecule has 0 bridgehead atoms. The number of ether oxygens (including phenoxy) is 1. The van der Waals surface area contributed by atoms with Gasteiger partial charge in [0.1, 0.15) is 17.6 Å². The van der Waals surface area contributed by atoms with Gasteiger partial charge in [-0.3, -0.25) is 0 Å². The number of aromatic nitrogens is 1. The van der Waals surface area contributed by atoms with Crippen molar-refractivity contribution < 1.29 is 13.9 Å². The standard InChI is InChI=1S/C23H16ClFN2O2/c24-22-15(12-16(25)13-27-22)6-5-11-26-23(28)29-14-21-19-9-3-1-7-17(19)18-8-2-4-10-20(18)21/h1-4,7-10,12-13,21H,11,14H2,(H,26,28). The Balaban J connectivity index is 1.36. The second-order valence-corrected chi connectivity index (χ2v) is 6.83. The maximum atomic E-state index is 13.2. The molecule has 1 heterocycles. The van der Waals surface area contributed by atoms with Crippen LogP contribution in [0.1, 0.15) is 22.6 Å². The summed E-state index contributed by atoms with van der Waals surface area (Å²) >= 11 is 5.85. The van der Waals surface area contributed by atoms with E-state index in [0.717, 1.165) is 17.3 Å². The van der Waals surface area contributed by atoms with Crippen molar-refractivity contribution >= 4 is 17.7 Å². The monoisotopic (exact) mass is 406 g/mol. The lowest BCUT2D eigenvalue weighted by atomic mass is 9.98. The number of alkyl carbamates (subject to hydrolysis) is 1. The molecule has 1 aliphatic rings. The zero-order valence-electron chi connectivity index (χ0n) is 15.3. The predicted octanol–water partition coefficient (Wildman–Crippen LogP) is 4.76. The van der Waals surface area contributed by atoms with Crippen LogP contribution in [0, 0.1) is 17.7 Å². The van der Waals surface area contributed by atoms with Crippen molar-refractivity contribution in [1.29, 1.82) is 0 Å². The van der Waals surface area contributed by atoms with E-state index in [9.17, 15) is 9.18 Å². The molecular formula is C23H16ClFN2O2. The average Bonchev–Trinajstić information content (AvgIpc) is 3.06. The molecule has 4 nitrogen and oxygen atoms in total. The van der Waals surface area contributed by atoms with E-state index in [1.807, 2.05) is 24.3 Å². The fraction of sp³-hybridized carbons (Fsp3) is 0.130. The molecule has 0 saturated carbocycles. The molecule has 0 saturated heterocycles. The Morgan fingerprint density at radius 1 is 1.14 bits per heavy atom. The minimum Gasteiger partial charge on any atom is -0.449 e. The number of hydrogen-bond donors (Lipinski definition) is 1. The number of hydrogen-bond acceptors (Lipinski definition) is 3. The van der Waals surface area contributed by atoms with Crippen molar-refractivity contribution in [2.75, 3.05) is 13.2 Å². The highest BCUT2D eigenvalue weighted by molar-refractivity contribution is 6.30. The summed E-state index contributed by atoms with van der Waals surface area (Å²) in [6.45, 7) is 0.274. The number of rotatable bonds is 3. The van der Waals surface area contributed by atoms with Gasteiger partial charge in [-0.05, 0) is 28.3 Å². The second-order valence-electron chi connectivity index (χ2n) is 6.47. The van der Waals surface area contributed by atoms with Crippen LogP contribution >= 0.6 is 11.6 Å². The van der Waals surface area contributed by atoms with Crippen molar-refractivity contribution in [3.63, 3.8) is 0 Å². The summed E-state index contributed by atoms with van der Waals surface area (Å²) in [6.07, 6.45) is 0.451. The van der Waals surface area contributed by atoms with Crippen LogP contribution in [-0.2, 0) is 4.74 Å². The van der Waals surface area contributed by atoms with E-state index in [0.29, 0.717) is 0 Å². The first kappa shape index (κ1) is 19.0. The smallest absolute Gasteiger partial charge is 0.407 e. The van der Waals surface area contributed by atoms with Gasteiger partial charge in [-0.25, -0.2) is 14.2 Å². The van der Waals surface area contributed by atoms with Crippen LogP contribution in [0.15, 0.2) is 60.8 Å². The molecule has 1 aliphatic carbocycles. The number of amides is 1. The Morgan fingerprint density at radius 2 is 1.79 bits per heavy atom. The lowest BCUT2D eigenvalue weighted by Gasteiger charge is -2.14. The van der Waals surface area contributed by atoms with E-state index < -0.39 is 11.9 Å². The average molecular weight is 407 g/mol. The van der Waals surface area contributed by atoms with Gasteiger partial charge in [-0.2, -0.15) is 0 Å². The third kappa shape index (κ3) is 4.08. The Bertz CT molecular complexity index is 1090. The molecule has 1 amide bonds. The molecule has 1 aromatic heterocycles. The topological polar surface area (TPSA) is 51.2 Å². The highest BCUT2D eigenvalue weighted by atomic mass is 35.5. The molecule has 29 heavy (non-hydrogen) atoms. The van der Waals surface area contributed by atoms with Crippen LogP contribution in [0.4, 0.5) is 9.18 Å². The summed E-state index contributed by atoms with van der Waals surface area (Å²) in [5.41, 5.74) is 4.90. The van der Waals surface area contributed by atoms with Crippen LogP contribution < -0.4 is 5.32 Å². The lowest BCUT2D eigenvalue weighted by molar-refractivity contribution is 0.144. The van der Waals surface area contributed by atoms with Gasteiger partial charge in [0.2, 0.25) is 0 Å². The fourth-order valence-corrected chi connectivity index (χ4v) is 3.57. The van der Waals surface area contributed by atoms with E-state index in [4.69, 9.17) is 16.3 Å². The van der Waals surface area contributed by atoms with Gasteiger partial charge in [-0.1, -0.05) is 72.0 Å². The molecule has 0 spiro atoms. The zero-order chi connectivity index (χ0) is 20.2. The Hall–Kier alpha value is -3.36. The van der Waals surface area contributed by atoms with Crippen molar-refractivity contribution in [2.24, 2.45) is 0 Å². The molecule has 0 unspecified atom stereocenters. The van der Waals surface area contributed by atoms with Gasteiger partial charge in [0.05, 0.1) is 18.3 Å². The molecule has 2 aromatic carbocycles. The summed E-state index contributed by atoms with van der Waals surface area (Å²) in [5, 5.41) is 2.68. The molecule has 0 atom stereocenters. The molecule has 1 N–H and O–H groups in total. The number of carbonyl (C=O) groups excluding carboxylic acids is 1. The van der Waals surface area contributed by atoms with Gasteiger partial charge in [0.25, 0.3) is 0 Å². The second kappa shape index (κ2) is 8.34. The van der Waals surface area contributed by atoms with Gasteiger partial charge < -0.3 is 10.1 Å². The van der Waals surface area contributed by atoms with Crippen molar-refractivity contribution in [2.45, 2.75) is 5.92 Å². The molecule has 0 aliphatic heterocycles. The number of carbonyl (C=O) groups is 1. The van der Waals surface area contributed by atoms with Crippen molar-refractivity contribution in [3.05, 3.63) is 88.5 Å². The third-order valence-electron chi connectivity index (χ3n) is 4.69. The van der Waals surface area contributed by atoms with E-state index in [1.54, 1.807) is 0 Å². The molecule has 4 rings (SSSR count). The Labute approximate surface area is 172 Å². The molecule has 6 heteroatoms. The van der Waals surface area contributed by atoms with Gasteiger partial charge in [0.15, 0.2) is 0 Å². The summed E-state index contributed by atoms with van der Waals surface area (Å²) in [5.74, 6) is 4.86. The van der Waals surface area contributed by atoms with Crippen molar-refractivity contribution in [3.8, 4) is 23.0 Å². The quantitative estimate of drug-likeness (QED) is 0.503. The summed E-state index contributed by atoms with van der Waals surface area (Å²) in [6, 6.07) is 17.4. The maximum Gasteiger partial charge on any atom is 0.407 e. The fourth-order valence-electron chi connectivity index (χ4n) is 3.42. The van der Waals surface area contributed by atoms with Crippen LogP contribution in [-0.4, -0.2) is 24.2 Å². The zero-order valence-corrected chi connectivity index (χ0v) is 16.0. The third-order valence-corrected chi connectivity index (χ3v) is 4.99. The molecule has 0 fully saturated rings. The number of nitrogens with one attached hydrogen (secondary N) is 1. The van der Waals surface area contributed by atoms with Crippen LogP contribution in [0.2, 0.25) is 5.15 Å². The van der Waals surface area contributed by atoms with Crippen LogP contribution in [0.3, 0.4) is 0 Å². The lowest BCUT2D eigenvalue weighted by Crippen LogP contribution is -2.26. The first-order valence-corrected chi connectivity index (χ1v) is 9.40. The molecule has 3 aromatic rings. The van der Waals surface area contributed by atoms with Gasteiger partial charge >= 0.3 is 6.09 Å². The van der Waals surface area contributed by atoms with Crippen molar-refractivity contribution in [1.82, 2.24) is 10.3 Å². The van der Waals surface area contributed by atoms with E-state index in [2.05, 4.69) is 46.4 Å². The number of nitrogens with zero attached hydrogens (tertiary/aromatic N) is 1. The Kier molecular flexibility index (Phi) is 5.46. The Morgan fingerprint density at radius 3 is 2.48 bits per heavy atom. The summed E-state index contributed by atoms with van der Waals surface area (Å²) < 4.78 is 18.6. The number of fused-ring (bicyclic) bond motifs is 3. The largest absolute Gasteiger partial charge is 0.449 e. The minimum atomic E-state index is -0.565. The summed E-state index contributed by atoms with van der Waals surface area (Å²) in [4.78, 5) is 15.7. The van der Waals surface area contributed by atoms with E-state index in [1.165, 1.54) is 17.2 Å². The predicted molar refractivity (Wildman–Crippen MR) is 109 cm³/mol. The molecule has 0 radical (unpaired) electrons. The van der Waals surface area contributed by atoms with Gasteiger partial charge in [0, 0.05) is 5.92 Å². The first-order valence-electron chi connectivity index (χ1n) is 9.02. The number of pyridine rings is 1. The van der Waals surface area contributed by atoms with Gasteiger partial charge in [-0.15, -0.1) is 0 Å². The first-order chi connectivity index (χ1) is 14.1. The minimum absolute atomic E-state index is 0.00332. The van der Waals surface area contributed by atoms with E-state index in [-0.39, 0.29) is 29.8 Å². The normalized spacial score (nSPS) is 11.8. The van der Waals surface area contributed by atoms with Crippen LogP contribution in [0.25, 0.3) is 11.1 Å².